The van der Waals surface area contributed by atoms with Gasteiger partial charge in [-0.25, -0.2) is 4.68 Å². The lowest BCUT2D eigenvalue weighted by Gasteiger charge is -2.28. The second-order valence-electron chi connectivity index (χ2n) is 5.06. The zero-order valence-electron chi connectivity index (χ0n) is 12.1. The molecule has 19 heavy (non-hydrogen) atoms. The van der Waals surface area contributed by atoms with Gasteiger partial charge in [0.1, 0.15) is 5.69 Å². The Balaban J connectivity index is 3.47. The Kier molecular flexibility index (Phi) is 4.88. The van der Waals surface area contributed by atoms with Crippen molar-refractivity contribution < 1.29 is 10.0 Å². The maximum atomic E-state index is 11.3. The number of aliphatic hydroxyl groups excluding tert-OH is 1. The molecule has 0 unspecified atom stereocenters. The SMILES string of the molecule is Cc1nn(C(C)C)c(N(CCO)C(C)C)c1[N+](=O)[O-]. The highest BCUT2D eigenvalue weighted by atomic mass is 16.6. The van der Waals surface area contributed by atoms with Crippen LogP contribution in [0.3, 0.4) is 0 Å². The lowest BCUT2D eigenvalue weighted by Crippen LogP contribution is -2.36. The Morgan fingerprint density at radius 3 is 2.37 bits per heavy atom. The first-order chi connectivity index (χ1) is 8.81. The molecule has 0 saturated heterocycles. The third kappa shape index (κ3) is 3.04. The molecule has 1 N–H and O–H groups in total. The Morgan fingerprint density at radius 1 is 1.42 bits per heavy atom. The van der Waals surface area contributed by atoms with E-state index >= 15 is 0 Å². The van der Waals surface area contributed by atoms with Crippen LogP contribution in [0, 0.1) is 17.0 Å². The smallest absolute Gasteiger partial charge is 0.333 e. The van der Waals surface area contributed by atoms with Gasteiger partial charge < -0.3 is 10.0 Å². The maximum absolute atomic E-state index is 11.3. The number of hydrogen-bond donors (Lipinski definition) is 1. The third-order valence-electron chi connectivity index (χ3n) is 2.94. The lowest BCUT2D eigenvalue weighted by molar-refractivity contribution is -0.384. The fourth-order valence-electron chi connectivity index (χ4n) is 2.08. The molecule has 0 bridgehead atoms. The number of rotatable bonds is 6. The molecule has 0 aliphatic heterocycles. The molecule has 0 saturated carbocycles. The predicted molar refractivity (Wildman–Crippen MR) is 73.6 cm³/mol. The van der Waals surface area contributed by atoms with E-state index in [0.29, 0.717) is 18.1 Å². The van der Waals surface area contributed by atoms with Crippen LogP contribution in [0.4, 0.5) is 11.5 Å². The van der Waals surface area contributed by atoms with Crippen molar-refractivity contribution in [3.05, 3.63) is 15.8 Å². The van der Waals surface area contributed by atoms with Gasteiger partial charge in [0.05, 0.1) is 11.5 Å². The Hall–Kier alpha value is -1.63. The molecule has 1 aromatic rings. The summed E-state index contributed by atoms with van der Waals surface area (Å²) in [4.78, 5) is 12.7. The van der Waals surface area contributed by atoms with Gasteiger partial charge in [0.25, 0.3) is 0 Å². The summed E-state index contributed by atoms with van der Waals surface area (Å²) < 4.78 is 1.66. The summed E-state index contributed by atoms with van der Waals surface area (Å²) in [6, 6.07) is 0.0572. The molecule has 0 aliphatic rings. The molecular formula is C12H22N4O3. The van der Waals surface area contributed by atoms with Gasteiger partial charge in [0.2, 0.25) is 5.82 Å². The minimum atomic E-state index is -0.400. The fourth-order valence-corrected chi connectivity index (χ4v) is 2.08. The quantitative estimate of drug-likeness (QED) is 0.630. The molecule has 0 radical (unpaired) electrons. The minimum absolute atomic E-state index is 0.0161. The molecule has 0 spiro atoms. The van der Waals surface area contributed by atoms with Crippen molar-refractivity contribution in [3.63, 3.8) is 0 Å². The van der Waals surface area contributed by atoms with Crippen LogP contribution in [0.5, 0.6) is 0 Å². The third-order valence-corrected chi connectivity index (χ3v) is 2.94. The lowest BCUT2D eigenvalue weighted by atomic mass is 10.2. The Labute approximate surface area is 113 Å². The van der Waals surface area contributed by atoms with E-state index in [1.165, 1.54) is 0 Å². The zero-order chi connectivity index (χ0) is 14.7. The molecule has 1 aromatic heterocycles. The van der Waals surface area contributed by atoms with Crippen molar-refractivity contribution >= 4 is 11.5 Å². The van der Waals surface area contributed by atoms with Crippen LogP contribution in [0.25, 0.3) is 0 Å². The molecule has 108 valence electrons. The van der Waals surface area contributed by atoms with E-state index in [4.69, 9.17) is 0 Å². The van der Waals surface area contributed by atoms with Crippen molar-refractivity contribution in [2.75, 3.05) is 18.1 Å². The van der Waals surface area contributed by atoms with Crippen molar-refractivity contribution in [2.24, 2.45) is 0 Å². The van der Waals surface area contributed by atoms with E-state index < -0.39 is 4.92 Å². The van der Waals surface area contributed by atoms with Gasteiger partial charge in [0, 0.05) is 18.6 Å². The number of anilines is 1. The molecular weight excluding hydrogens is 248 g/mol. The van der Waals surface area contributed by atoms with E-state index in [1.54, 1.807) is 11.6 Å². The Bertz CT molecular complexity index is 454. The Morgan fingerprint density at radius 2 is 2.00 bits per heavy atom. The number of aliphatic hydroxyl groups is 1. The number of nitrogens with zero attached hydrogens (tertiary/aromatic N) is 4. The first kappa shape index (κ1) is 15.4. The minimum Gasteiger partial charge on any atom is -0.395 e. The average molecular weight is 270 g/mol. The van der Waals surface area contributed by atoms with Gasteiger partial charge in [-0.1, -0.05) is 0 Å². The monoisotopic (exact) mass is 270 g/mol. The first-order valence-corrected chi connectivity index (χ1v) is 6.42. The first-order valence-electron chi connectivity index (χ1n) is 6.42. The largest absolute Gasteiger partial charge is 0.395 e. The van der Waals surface area contributed by atoms with Gasteiger partial charge in [-0.3, -0.25) is 10.1 Å². The standard InChI is InChI=1S/C12H22N4O3/c1-8(2)14(6-7-17)12-11(16(18)19)10(5)13-15(12)9(3)4/h8-9,17H,6-7H2,1-5H3. The maximum Gasteiger partial charge on any atom is 0.333 e. The van der Waals surface area contributed by atoms with Gasteiger partial charge in [-0.05, 0) is 34.6 Å². The van der Waals surface area contributed by atoms with Crippen molar-refractivity contribution in [2.45, 2.75) is 46.7 Å². The van der Waals surface area contributed by atoms with Crippen LogP contribution in [0.1, 0.15) is 39.4 Å². The topological polar surface area (TPSA) is 84.4 Å². The van der Waals surface area contributed by atoms with Gasteiger partial charge in [0.15, 0.2) is 0 Å². The summed E-state index contributed by atoms with van der Waals surface area (Å²) in [5.41, 5.74) is 0.424. The van der Waals surface area contributed by atoms with Gasteiger partial charge >= 0.3 is 5.69 Å². The van der Waals surface area contributed by atoms with Crippen LogP contribution in [-0.2, 0) is 0 Å². The predicted octanol–water partition coefficient (Wildman–Crippen LogP) is 1.89. The van der Waals surface area contributed by atoms with E-state index in [-0.39, 0.29) is 24.4 Å². The molecule has 0 aromatic carbocycles. The summed E-state index contributed by atoms with van der Waals surface area (Å²) in [7, 11) is 0. The average Bonchev–Trinajstić information content (AvgIpc) is 2.63. The molecule has 0 aliphatic carbocycles. The summed E-state index contributed by atoms with van der Waals surface area (Å²) in [5.74, 6) is 0.474. The van der Waals surface area contributed by atoms with Crippen molar-refractivity contribution in [1.29, 1.82) is 0 Å². The number of aromatic nitrogens is 2. The number of nitro groups is 1. The van der Waals surface area contributed by atoms with Crippen molar-refractivity contribution in [3.8, 4) is 0 Å². The molecule has 0 atom stereocenters. The van der Waals surface area contributed by atoms with E-state index in [0.717, 1.165) is 0 Å². The highest BCUT2D eigenvalue weighted by Crippen LogP contribution is 2.34. The fraction of sp³-hybridized carbons (Fsp3) is 0.750. The van der Waals surface area contributed by atoms with Crippen LogP contribution < -0.4 is 4.90 Å². The van der Waals surface area contributed by atoms with E-state index in [2.05, 4.69) is 5.10 Å². The van der Waals surface area contributed by atoms with E-state index in [1.807, 2.05) is 32.6 Å². The molecule has 0 amide bonds. The van der Waals surface area contributed by atoms with Crippen molar-refractivity contribution in [1.82, 2.24) is 9.78 Å². The number of aryl methyl sites for hydroxylation is 1. The second kappa shape index (κ2) is 6.01. The van der Waals surface area contributed by atoms with Gasteiger partial charge in [-0.2, -0.15) is 5.10 Å². The summed E-state index contributed by atoms with van der Waals surface area (Å²) in [5, 5.41) is 24.7. The van der Waals surface area contributed by atoms with Gasteiger partial charge in [-0.15, -0.1) is 0 Å². The number of hydrogen-bond acceptors (Lipinski definition) is 5. The summed E-state index contributed by atoms with van der Waals surface area (Å²) in [6.45, 7) is 9.65. The van der Waals surface area contributed by atoms with Crippen LogP contribution >= 0.6 is 0 Å². The van der Waals surface area contributed by atoms with E-state index in [9.17, 15) is 15.2 Å². The second-order valence-corrected chi connectivity index (χ2v) is 5.06. The van der Waals surface area contributed by atoms with Crippen LogP contribution in [0.15, 0.2) is 0 Å². The highest BCUT2D eigenvalue weighted by Gasteiger charge is 2.31. The van der Waals surface area contributed by atoms with Crippen LogP contribution in [-0.4, -0.2) is 39.0 Å². The molecule has 7 nitrogen and oxygen atoms in total. The van der Waals surface area contributed by atoms with Crippen LogP contribution in [0.2, 0.25) is 0 Å². The zero-order valence-corrected chi connectivity index (χ0v) is 12.1. The summed E-state index contributed by atoms with van der Waals surface area (Å²) >= 11 is 0. The summed E-state index contributed by atoms with van der Waals surface area (Å²) in [6.07, 6.45) is 0. The molecule has 1 heterocycles. The molecule has 7 heteroatoms. The normalized spacial score (nSPS) is 11.4. The highest BCUT2D eigenvalue weighted by molar-refractivity contribution is 5.62. The molecule has 1 rings (SSSR count). The molecule has 0 fully saturated rings.